The molecule has 3 unspecified atom stereocenters. The number of phenolic OH excluding ortho intramolecular Hbond substituents is 1. The third-order valence-electron chi connectivity index (χ3n) is 6.03. The van der Waals surface area contributed by atoms with Gasteiger partial charge in [-0.2, -0.15) is 0 Å². The maximum absolute atomic E-state index is 13.6. The van der Waals surface area contributed by atoms with Gasteiger partial charge in [-0.05, 0) is 42.3 Å². The number of fused-ring (bicyclic) bond motifs is 1. The van der Waals surface area contributed by atoms with Gasteiger partial charge in [0.15, 0.2) is 17.6 Å². The molecule has 0 aliphatic carbocycles. The molecule has 5 rings (SSSR count). The first-order valence-corrected chi connectivity index (χ1v) is 10.9. The van der Waals surface area contributed by atoms with Crippen molar-refractivity contribution in [2.75, 3.05) is 11.7 Å². The molecule has 0 saturated carbocycles. The van der Waals surface area contributed by atoms with Crippen molar-refractivity contribution in [2.24, 2.45) is 5.92 Å². The fourth-order valence-corrected chi connectivity index (χ4v) is 4.52. The first-order chi connectivity index (χ1) is 16.1. The molecule has 2 heterocycles. The number of phenols is 1. The molecule has 7 nitrogen and oxygen atoms in total. The summed E-state index contributed by atoms with van der Waals surface area (Å²) in [5.41, 5.74) is 2.33. The van der Waals surface area contributed by atoms with Gasteiger partial charge in [-0.25, -0.2) is 5.06 Å². The average Bonchev–Trinajstić information content (AvgIpc) is 3.34. The van der Waals surface area contributed by atoms with Crippen molar-refractivity contribution in [2.45, 2.75) is 25.6 Å². The summed E-state index contributed by atoms with van der Waals surface area (Å²) in [5, 5.41) is 11.8. The Morgan fingerprint density at radius 1 is 0.939 bits per heavy atom. The normalized spacial score (nSPS) is 22.0. The standard InChI is InChI=1S/C26H24N2O5/c1-2-32-21-15-18(13-14-20(21)29)23-22-24(33-28(23)19-11-7-4-8-12-19)26(31)27(25(22)30)16-17-9-5-3-6-10-17/h3-15,22-24,29H,2,16H2,1H3. The van der Waals surface area contributed by atoms with Crippen LogP contribution in [0.3, 0.4) is 0 Å². The lowest BCUT2D eigenvalue weighted by atomic mass is 9.90. The Labute approximate surface area is 191 Å². The molecule has 33 heavy (non-hydrogen) atoms. The highest BCUT2D eigenvalue weighted by molar-refractivity contribution is 6.07. The molecule has 2 aliphatic rings. The number of hydrogen-bond acceptors (Lipinski definition) is 6. The van der Waals surface area contributed by atoms with Crippen molar-refractivity contribution in [1.82, 2.24) is 4.90 Å². The highest BCUT2D eigenvalue weighted by Gasteiger charge is 2.59. The summed E-state index contributed by atoms with van der Waals surface area (Å²) < 4.78 is 5.57. The van der Waals surface area contributed by atoms with Crippen LogP contribution in [0.2, 0.25) is 0 Å². The number of benzene rings is 3. The van der Waals surface area contributed by atoms with Gasteiger partial charge in [0.25, 0.3) is 5.91 Å². The number of hydroxylamine groups is 1. The van der Waals surface area contributed by atoms with E-state index in [1.807, 2.05) is 67.6 Å². The number of ether oxygens (including phenoxy) is 1. The van der Waals surface area contributed by atoms with E-state index in [1.165, 1.54) is 4.90 Å². The van der Waals surface area contributed by atoms with Gasteiger partial charge in [-0.3, -0.25) is 19.3 Å². The minimum Gasteiger partial charge on any atom is -0.504 e. The van der Waals surface area contributed by atoms with E-state index in [-0.39, 0.29) is 24.1 Å². The molecule has 0 spiro atoms. The molecule has 0 aromatic heterocycles. The van der Waals surface area contributed by atoms with E-state index in [9.17, 15) is 14.7 Å². The van der Waals surface area contributed by atoms with Gasteiger partial charge in [0.1, 0.15) is 5.92 Å². The lowest BCUT2D eigenvalue weighted by Gasteiger charge is -2.29. The van der Waals surface area contributed by atoms with E-state index in [0.717, 1.165) is 16.8 Å². The predicted molar refractivity (Wildman–Crippen MR) is 121 cm³/mol. The summed E-state index contributed by atoms with van der Waals surface area (Å²) in [7, 11) is 0. The molecule has 2 fully saturated rings. The van der Waals surface area contributed by atoms with Gasteiger partial charge in [-0.15, -0.1) is 0 Å². The number of anilines is 1. The Kier molecular flexibility index (Phi) is 5.48. The molecule has 168 valence electrons. The fourth-order valence-electron chi connectivity index (χ4n) is 4.52. The number of para-hydroxylation sites is 1. The Morgan fingerprint density at radius 2 is 1.64 bits per heavy atom. The van der Waals surface area contributed by atoms with Gasteiger partial charge in [0.2, 0.25) is 5.91 Å². The van der Waals surface area contributed by atoms with Crippen molar-refractivity contribution >= 4 is 17.5 Å². The molecule has 3 aromatic rings. The van der Waals surface area contributed by atoms with Crippen LogP contribution in [-0.4, -0.2) is 34.5 Å². The largest absolute Gasteiger partial charge is 0.504 e. The first kappa shape index (κ1) is 21.0. The molecule has 3 aromatic carbocycles. The minimum absolute atomic E-state index is 0.0156. The fraction of sp³-hybridized carbons (Fsp3) is 0.231. The molecule has 0 bridgehead atoms. The summed E-state index contributed by atoms with van der Waals surface area (Å²) in [6, 6.07) is 23.2. The SMILES string of the molecule is CCOc1cc(C2C3C(=O)N(Cc4ccccc4)C(=O)C3ON2c2ccccc2)ccc1O. The summed E-state index contributed by atoms with van der Waals surface area (Å²) >= 11 is 0. The zero-order chi connectivity index (χ0) is 22.9. The Bertz CT molecular complexity index is 1170. The third-order valence-corrected chi connectivity index (χ3v) is 6.03. The second-order valence-corrected chi connectivity index (χ2v) is 8.07. The van der Waals surface area contributed by atoms with Crippen LogP contribution >= 0.6 is 0 Å². The van der Waals surface area contributed by atoms with E-state index >= 15 is 0 Å². The van der Waals surface area contributed by atoms with Crippen molar-refractivity contribution in [3.05, 3.63) is 90.0 Å². The molecule has 7 heteroatoms. The number of carbonyl (C=O) groups excluding carboxylic acids is 2. The van der Waals surface area contributed by atoms with Crippen molar-refractivity contribution < 1.29 is 24.3 Å². The predicted octanol–water partition coefficient (Wildman–Crippen LogP) is 3.84. The maximum Gasteiger partial charge on any atom is 0.262 e. The molecule has 2 amide bonds. The molecule has 1 N–H and O–H groups in total. The van der Waals surface area contributed by atoms with Gasteiger partial charge >= 0.3 is 0 Å². The smallest absolute Gasteiger partial charge is 0.262 e. The number of nitrogens with zero attached hydrogens (tertiary/aromatic N) is 2. The Hall–Kier alpha value is -3.84. The van der Waals surface area contributed by atoms with E-state index in [0.29, 0.717) is 12.4 Å². The van der Waals surface area contributed by atoms with Gasteiger partial charge in [-0.1, -0.05) is 54.6 Å². The molecule has 2 saturated heterocycles. The molecular weight excluding hydrogens is 420 g/mol. The van der Waals surface area contributed by atoms with Crippen molar-refractivity contribution in [3.8, 4) is 11.5 Å². The van der Waals surface area contributed by atoms with Crippen LogP contribution < -0.4 is 9.80 Å². The van der Waals surface area contributed by atoms with E-state index < -0.39 is 18.1 Å². The van der Waals surface area contributed by atoms with Crippen molar-refractivity contribution in [3.63, 3.8) is 0 Å². The number of carbonyl (C=O) groups is 2. The lowest BCUT2D eigenvalue weighted by molar-refractivity contribution is -0.143. The molecule has 0 radical (unpaired) electrons. The monoisotopic (exact) mass is 444 g/mol. The number of hydrogen-bond donors (Lipinski definition) is 1. The van der Waals surface area contributed by atoms with Crippen LogP contribution in [0.5, 0.6) is 11.5 Å². The van der Waals surface area contributed by atoms with Gasteiger partial charge in [0.05, 0.1) is 24.9 Å². The summed E-state index contributed by atoms with van der Waals surface area (Å²) in [4.78, 5) is 34.2. The number of likely N-dealkylation sites (tertiary alicyclic amines) is 1. The van der Waals surface area contributed by atoms with Crippen LogP contribution in [0.1, 0.15) is 24.1 Å². The van der Waals surface area contributed by atoms with Crippen LogP contribution in [0.15, 0.2) is 78.9 Å². The van der Waals surface area contributed by atoms with Crippen LogP contribution in [0, 0.1) is 5.92 Å². The van der Waals surface area contributed by atoms with Gasteiger partial charge < -0.3 is 9.84 Å². The Morgan fingerprint density at radius 3 is 2.33 bits per heavy atom. The molecular formula is C26H24N2O5. The van der Waals surface area contributed by atoms with Crippen molar-refractivity contribution in [1.29, 1.82) is 0 Å². The zero-order valence-corrected chi connectivity index (χ0v) is 18.1. The summed E-state index contributed by atoms with van der Waals surface area (Å²) in [6.07, 6.45) is -0.921. The van der Waals surface area contributed by atoms with Gasteiger partial charge in [0, 0.05) is 0 Å². The highest BCUT2D eigenvalue weighted by Crippen LogP contribution is 2.48. The Balaban J connectivity index is 1.54. The van der Waals surface area contributed by atoms with Crippen LogP contribution in [0.4, 0.5) is 5.69 Å². The molecule has 2 aliphatic heterocycles. The number of amides is 2. The first-order valence-electron chi connectivity index (χ1n) is 10.9. The minimum atomic E-state index is -0.921. The van der Waals surface area contributed by atoms with E-state index in [1.54, 1.807) is 23.3 Å². The lowest BCUT2D eigenvalue weighted by Crippen LogP contribution is -2.36. The number of aromatic hydroxyl groups is 1. The quantitative estimate of drug-likeness (QED) is 0.582. The number of imide groups is 1. The van der Waals surface area contributed by atoms with Crippen LogP contribution in [-0.2, 0) is 21.0 Å². The highest BCUT2D eigenvalue weighted by atomic mass is 16.7. The molecule has 3 atom stereocenters. The third kappa shape index (κ3) is 3.70. The van der Waals surface area contributed by atoms with Crippen LogP contribution in [0.25, 0.3) is 0 Å². The topological polar surface area (TPSA) is 79.3 Å². The average molecular weight is 444 g/mol. The second kappa shape index (κ2) is 8.60. The number of rotatable bonds is 6. The zero-order valence-electron chi connectivity index (χ0n) is 18.1. The summed E-state index contributed by atoms with van der Waals surface area (Å²) in [5.74, 6) is -1.00. The summed E-state index contributed by atoms with van der Waals surface area (Å²) in [6.45, 7) is 2.42. The van der Waals surface area contributed by atoms with E-state index in [4.69, 9.17) is 9.57 Å². The second-order valence-electron chi connectivity index (χ2n) is 8.07. The maximum atomic E-state index is 13.6. The van der Waals surface area contributed by atoms with E-state index in [2.05, 4.69) is 0 Å².